The maximum Gasteiger partial charge on any atom is 0.125 e. The summed E-state index contributed by atoms with van der Waals surface area (Å²) < 4.78 is 1.95. The second-order valence-corrected chi connectivity index (χ2v) is 6.98. The quantitative estimate of drug-likeness (QED) is 0.711. The Bertz CT molecular complexity index is 936. The largest absolute Gasteiger partial charge is 0.363 e. The van der Waals surface area contributed by atoms with Gasteiger partial charge in [-0.1, -0.05) is 42.0 Å². The normalized spacial score (nSPS) is 19.7. The highest BCUT2D eigenvalue weighted by molar-refractivity contribution is 7.80. The lowest BCUT2D eigenvalue weighted by atomic mass is 9.88. The predicted octanol–water partition coefficient (Wildman–Crippen LogP) is 3.79. The number of benzene rings is 1. The van der Waals surface area contributed by atoms with Crippen molar-refractivity contribution in [3.8, 4) is 11.1 Å². The van der Waals surface area contributed by atoms with Crippen LogP contribution >= 0.6 is 23.8 Å². The highest BCUT2D eigenvalue weighted by Crippen LogP contribution is 2.31. The highest BCUT2D eigenvalue weighted by Gasteiger charge is 2.34. The number of hydrogen-bond donors (Lipinski definition) is 1. The molecule has 1 aliphatic rings. The van der Waals surface area contributed by atoms with Crippen molar-refractivity contribution in [2.45, 2.75) is 19.0 Å². The number of nitrogens with zero attached hydrogens (tertiary/aromatic N) is 3. The van der Waals surface area contributed by atoms with E-state index in [-0.39, 0.29) is 5.54 Å². The number of rotatable bonds is 2. The van der Waals surface area contributed by atoms with E-state index in [0.717, 1.165) is 27.4 Å². The summed E-state index contributed by atoms with van der Waals surface area (Å²) in [5.41, 5.74) is 3.84. The van der Waals surface area contributed by atoms with Crippen LogP contribution < -0.4 is 5.32 Å². The number of fused-ring (bicyclic) bond motifs is 1. The molecule has 0 saturated carbocycles. The molecular formula is C18H15ClN4S. The molecule has 4 nitrogen and oxygen atoms in total. The summed E-state index contributed by atoms with van der Waals surface area (Å²) in [6.07, 6.45) is 5.23. The minimum atomic E-state index is -0.321. The molecule has 0 unspecified atom stereocenters. The van der Waals surface area contributed by atoms with Crippen LogP contribution in [0.15, 0.2) is 55.0 Å². The van der Waals surface area contributed by atoms with E-state index in [9.17, 15) is 0 Å². The third-order valence-electron chi connectivity index (χ3n) is 4.34. The lowest BCUT2D eigenvalue weighted by Crippen LogP contribution is -2.51. The van der Waals surface area contributed by atoms with Crippen LogP contribution in [0.5, 0.6) is 0 Å². The summed E-state index contributed by atoms with van der Waals surface area (Å²) in [4.78, 5) is 4.89. The fraction of sp³-hybridized carbons (Fsp3) is 0.167. The lowest BCUT2D eigenvalue weighted by molar-refractivity contribution is 0.333. The van der Waals surface area contributed by atoms with Gasteiger partial charge in [-0.15, -0.1) is 0 Å². The van der Waals surface area contributed by atoms with Gasteiger partial charge in [0.1, 0.15) is 4.99 Å². The maximum absolute atomic E-state index is 6.07. The van der Waals surface area contributed by atoms with E-state index in [0.29, 0.717) is 11.6 Å². The van der Waals surface area contributed by atoms with Crippen molar-refractivity contribution in [2.75, 3.05) is 0 Å². The van der Waals surface area contributed by atoms with E-state index in [1.807, 2.05) is 29.1 Å². The van der Waals surface area contributed by atoms with Gasteiger partial charge in [-0.3, -0.25) is 9.67 Å². The molecule has 0 amide bonds. The average Bonchev–Trinajstić information content (AvgIpc) is 3.03. The predicted molar refractivity (Wildman–Crippen MR) is 99.1 cm³/mol. The molecule has 1 atom stereocenters. The van der Waals surface area contributed by atoms with E-state index in [2.05, 4.69) is 40.5 Å². The van der Waals surface area contributed by atoms with Crippen LogP contribution in [-0.2, 0) is 12.1 Å². The summed E-state index contributed by atoms with van der Waals surface area (Å²) in [6, 6.07) is 12.2. The first kappa shape index (κ1) is 15.3. The third kappa shape index (κ3) is 2.60. The Balaban J connectivity index is 1.75. The van der Waals surface area contributed by atoms with Gasteiger partial charge in [-0.25, -0.2) is 0 Å². The van der Waals surface area contributed by atoms with Crippen molar-refractivity contribution >= 4 is 28.8 Å². The van der Waals surface area contributed by atoms with Gasteiger partial charge >= 0.3 is 0 Å². The summed E-state index contributed by atoms with van der Waals surface area (Å²) in [5, 5.41) is 8.48. The average molecular weight is 355 g/mol. The Kier molecular flexibility index (Phi) is 3.62. The molecule has 6 heteroatoms. The van der Waals surface area contributed by atoms with E-state index in [4.69, 9.17) is 23.8 Å². The number of aromatic nitrogens is 3. The highest BCUT2D eigenvalue weighted by atomic mass is 35.5. The summed E-state index contributed by atoms with van der Waals surface area (Å²) >= 11 is 11.6. The smallest absolute Gasteiger partial charge is 0.125 e. The Hall–Kier alpha value is -2.24. The van der Waals surface area contributed by atoms with Gasteiger partial charge in [0, 0.05) is 24.2 Å². The van der Waals surface area contributed by atoms with Crippen molar-refractivity contribution in [1.82, 2.24) is 20.1 Å². The summed E-state index contributed by atoms with van der Waals surface area (Å²) in [5.74, 6) is 0. The maximum atomic E-state index is 6.07. The van der Waals surface area contributed by atoms with E-state index in [1.165, 1.54) is 0 Å². The lowest BCUT2D eigenvalue weighted by Gasteiger charge is -2.37. The zero-order valence-electron chi connectivity index (χ0n) is 13.0. The summed E-state index contributed by atoms with van der Waals surface area (Å²) in [6.45, 7) is 2.85. The first-order valence-electron chi connectivity index (χ1n) is 7.61. The molecule has 24 heavy (non-hydrogen) atoms. The molecule has 0 spiro atoms. The number of nitrogens with one attached hydrogen (secondary N) is 1. The monoisotopic (exact) mass is 354 g/mol. The minimum absolute atomic E-state index is 0.321. The number of pyridine rings is 1. The molecule has 0 saturated heterocycles. The van der Waals surface area contributed by atoms with Crippen LogP contribution in [-0.4, -0.2) is 19.8 Å². The van der Waals surface area contributed by atoms with Gasteiger partial charge in [-0.2, -0.15) is 5.10 Å². The van der Waals surface area contributed by atoms with Gasteiger partial charge in [0.15, 0.2) is 0 Å². The van der Waals surface area contributed by atoms with Crippen molar-refractivity contribution in [1.29, 1.82) is 0 Å². The van der Waals surface area contributed by atoms with Crippen LogP contribution in [0.3, 0.4) is 0 Å². The molecule has 2 aromatic heterocycles. The molecule has 0 aliphatic carbocycles. The molecule has 1 N–H and O–H groups in total. The van der Waals surface area contributed by atoms with Crippen LogP contribution in [0.4, 0.5) is 0 Å². The topological polar surface area (TPSA) is 42.7 Å². The van der Waals surface area contributed by atoms with Crippen molar-refractivity contribution in [3.63, 3.8) is 0 Å². The Morgan fingerprint density at radius 1 is 1.21 bits per heavy atom. The standard InChI is InChI=1S/C18H15ClN4S/c1-18(11-23-16(5-6-21-23)17(24)22-18)14-4-2-3-12(7-14)13-8-15(19)10-20-9-13/h2-10H,11H2,1H3,(H,22,24)/t18-/m0/s1. The fourth-order valence-electron chi connectivity index (χ4n) is 3.08. The van der Waals surface area contributed by atoms with Crippen molar-refractivity contribution in [2.24, 2.45) is 0 Å². The van der Waals surface area contributed by atoms with E-state index >= 15 is 0 Å². The van der Waals surface area contributed by atoms with Crippen LogP contribution in [0, 0.1) is 0 Å². The molecule has 3 aromatic rings. The van der Waals surface area contributed by atoms with Crippen LogP contribution in [0.1, 0.15) is 18.2 Å². The molecule has 3 heterocycles. The number of halogens is 1. The van der Waals surface area contributed by atoms with Crippen molar-refractivity contribution < 1.29 is 0 Å². The third-order valence-corrected chi connectivity index (χ3v) is 4.86. The fourth-order valence-corrected chi connectivity index (χ4v) is 3.65. The minimum Gasteiger partial charge on any atom is -0.363 e. The van der Waals surface area contributed by atoms with Gasteiger partial charge in [0.2, 0.25) is 0 Å². The Morgan fingerprint density at radius 3 is 2.92 bits per heavy atom. The Morgan fingerprint density at radius 2 is 2.08 bits per heavy atom. The van der Waals surface area contributed by atoms with Gasteiger partial charge < -0.3 is 5.32 Å². The number of thiocarbonyl (C=S) groups is 1. The SMILES string of the molecule is C[C@@]1(c2cccc(-c3cncc(Cl)c3)c2)Cn2nccc2C(=S)N1. The van der Waals surface area contributed by atoms with Crippen molar-refractivity contribution in [3.05, 3.63) is 71.3 Å². The van der Waals surface area contributed by atoms with Crippen LogP contribution in [0.2, 0.25) is 5.02 Å². The first-order chi connectivity index (χ1) is 11.5. The Labute approximate surface area is 150 Å². The van der Waals surface area contributed by atoms with E-state index < -0.39 is 0 Å². The number of hydrogen-bond acceptors (Lipinski definition) is 3. The molecule has 0 radical (unpaired) electrons. The zero-order chi connectivity index (χ0) is 16.7. The molecule has 4 rings (SSSR count). The molecule has 120 valence electrons. The molecule has 0 fully saturated rings. The van der Waals surface area contributed by atoms with E-state index in [1.54, 1.807) is 12.4 Å². The van der Waals surface area contributed by atoms with Gasteiger partial charge in [-0.05, 0) is 36.2 Å². The molecule has 1 aromatic carbocycles. The zero-order valence-corrected chi connectivity index (χ0v) is 14.6. The second kappa shape index (κ2) is 5.69. The molecule has 0 bridgehead atoms. The second-order valence-electron chi connectivity index (χ2n) is 6.13. The van der Waals surface area contributed by atoms with Gasteiger partial charge in [0.05, 0.1) is 22.8 Å². The summed E-state index contributed by atoms with van der Waals surface area (Å²) in [7, 11) is 0. The molecule has 1 aliphatic heterocycles. The first-order valence-corrected chi connectivity index (χ1v) is 8.40. The van der Waals surface area contributed by atoms with Gasteiger partial charge in [0.25, 0.3) is 0 Å². The van der Waals surface area contributed by atoms with Crippen LogP contribution in [0.25, 0.3) is 11.1 Å². The molecular weight excluding hydrogens is 340 g/mol.